The van der Waals surface area contributed by atoms with E-state index in [9.17, 15) is 4.79 Å². The first-order valence-electron chi connectivity index (χ1n) is 11.8. The fraction of sp³-hybridized carbons (Fsp3) is 0.143. The summed E-state index contributed by atoms with van der Waals surface area (Å²) in [6.07, 6.45) is 5.78. The van der Waals surface area contributed by atoms with E-state index in [1.54, 1.807) is 23.7 Å². The Bertz CT molecular complexity index is 1700. The van der Waals surface area contributed by atoms with E-state index >= 15 is 0 Å². The summed E-state index contributed by atoms with van der Waals surface area (Å²) in [5.41, 5.74) is 7.25. The molecule has 6 aromatic rings. The van der Waals surface area contributed by atoms with Crippen LogP contribution in [0, 0.1) is 5.92 Å². The second-order valence-corrected chi connectivity index (χ2v) is 10.2. The number of benzene rings is 1. The standard InChI is InChI=1S/C28H24N6OS/c1-16(2)10-26(35)31-19-11-18(14-29-15-19)17-5-6-23-22(12-17)27(34-33-23)24-13-21-20(25-4-3-9-36-25)7-8-30-28(21)32-24/h3-9,11-16H,10H2,1-2H3,(H,30,32)(H,31,35)(H,33,34). The molecule has 0 bridgehead atoms. The molecule has 5 heterocycles. The van der Waals surface area contributed by atoms with Gasteiger partial charge < -0.3 is 10.3 Å². The number of pyridine rings is 2. The number of H-pyrrole nitrogens is 2. The summed E-state index contributed by atoms with van der Waals surface area (Å²) >= 11 is 1.71. The van der Waals surface area contributed by atoms with Gasteiger partial charge in [-0.3, -0.25) is 14.9 Å². The van der Waals surface area contributed by atoms with Crippen molar-refractivity contribution < 1.29 is 4.79 Å². The minimum atomic E-state index is -0.00846. The van der Waals surface area contributed by atoms with Crippen molar-refractivity contribution in [3.05, 3.63) is 72.5 Å². The lowest BCUT2D eigenvalue weighted by molar-refractivity contribution is -0.116. The SMILES string of the molecule is CC(C)CC(=O)Nc1cncc(-c2ccc3[nH]nc(-c4cc5c(-c6cccs6)ccnc5[nH]4)c3c2)c1. The number of nitrogens with zero attached hydrogens (tertiary/aromatic N) is 3. The van der Waals surface area contributed by atoms with Crippen LogP contribution >= 0.6 is 11.3 Å². The van der Waals surface area contributed by atoms with Crippen LogP contribution < -0.4 is 5.32 Å². The van der Waals surface area contributed by atoms with Crippen molar-refractivity contribution in [1.82, 2.24) is 25.1 Å². The highest BCUT2D eigenvalue weighted by molar-refractivity contribution is 7.13. The van der Waals surface area contributed by atoms with Gasteiger partial charge in [0.25, 0.3) is 0 Å². The Labute approximate surface area is 211 Å². The van der Waals surface area contributed by atoms with Crippen molar-refractivity contribution in [3.63, 3.8) is 0 Å². The lowest BCUT2D eigenvalue weighted by Crippen LogP contribution is -2.13. The van der Waals surface area contributed by atoms with Gasteiger partial charge in [-0.25, -0.2) is 4.98 Å². The number of aromatic nitrogens is 5. The maximum Gasteiger partial charge on any atom is 0.224 e. The minimum Gasteiger partial charge on any atom is -0.338 e. The van der Waals surface area contributed by atoms with Gasteiger partial charge in [0.15, 0.2) is 0 Å². The zero-order chi connectivity index (χ0) is 24.6. The monoisotopic (exact) mass is 492 g/mol. The Morgan fingerprint density at radius 2 is 1.97 bits per heavy atom. The molecule has 0 unspecified atom stereocenters. The third kappa shape index (κ3) is 4.16. The highest BCUT2D eigenvalue weighted by Crippen LogP contribution is 2.36. The predicted molar refractivity (Wildman–Crippen MR) is 146 cm³/mol. The molecular weight excluding hydrogens is 468 g/mol. The van der Waals surface area contributed by atoms with Crippen LogP contribution in [0.25, 0.3) is 54.9 Å². The van der Waals surface area contributed by atoms with E-state index < -0.39 is 0 Å². The Hall–Kier alpha value is -4.30. The zero-order valence-corrected chi connectivity index (χ0v) is 20.7. The van der Waals surface area contributed by atoms with Crippen LogP contribution in [0.15, 0.2) is 72.5 Å². The van der Waals surface area contributed by atoms with Gasteiger partial charge in [0, 0.05) is 45.6 Å². The van der Waals surface area contributed by atoms with Crippen LogP contribution in [0.2, 0.25) is 0 Å². The van der Waals surface area contributed by atoms with Crippen molar-refractivity contribution in [3.8, 4) is 33.0 Å². The van der Waals surface area contributed by atoms with E-state index in [0.29, 0.717) is 18.0 Å². The van der Waals surface area contributed by atoms with Crippen LogP contribution in [0.5, 0.6) is 0 Å². The number of carbonyl (C=O) groups excluding carboxylic acids is 1. The Morgan fingerprint density at radius 3 is 2.81 bits per heavy atom. The number of nitrogens with one attached hydrogen (secondary N) is 3. The quantitative estimate of drug-likeness (QED) is 0.236. The van der Waals surface area contributed by atoms with Crippen molar-refractivity contribution in [2.24, 2.45) is 5.92 Å². The van der Waals surface area contributed by atoms with E-state index in [1.807, 2.05) is 44.3 Å². The molecule has 0 atom stereocenters. The summed E-state index contributed by atoms with van der Waals surface area (Å²) in [7, 11) is 0. The second-order valence-electron chi connectivity index (χ2n) is 9.22. The average molecular weight is 493 g/mol. The highest BCUT2D eigenvalue weighted by atomic mass is 32.1. The van der Waals surface area contributed by atoms with E-state index in [0.717, 1.165) is 50.0 Å². The summed E-state index contributed by atoms with van der Waals surface area (Å²) in [4.78, 5) is 25.8. The average Bonchev–Trinajstić information content (AvgIpc) is 3.62. The molecule has 5 aromatic heterocycles. The summed E-state index contributed by atoms with van der Waals surface area (Å²) < 4.78 is 0. The molecule has 0 aliphatic rings. The summed E-state index contributed by atoms with van der Waals surface area (Å²) in [5, 5.41) is 14.9. The second kappa shape index (κ2) is 9.05. The molecule has 1 amide bonds. The van der Waals surface area contributed by atoms with Gasteiger partial charge in [0.05, 0.1) is 23.1 Å². The van der Waals surface area contributed by atoms with E-state index in [4.69, 9.17) is 0 Å². The lowest BCUT2D eigenvalue weighted by Gasteiger charge is -2.09. The molecule has 0 aliphatic heterocycles. The van der Waals surface area contributed by atoms with Crippen LogP contribution in [-0.2, 0) is 4.79 Å². The molecule has 0 radical (unpaired) electrons. The van der Waals surface area contributed by atoms with Gasteiger partial charge >= 0.3 is 0 Å². The summed E-state index contributed by atoms with van der Waals surface area (Å²) in [6.45, 7) is 4.05. The Balaban J connectivity index is 1.38. The van der Waals surface area contributed by atoms with Gasteiger partial charge in [-0.1, -0.05) is 26.0 Å². The van der Waals surface area contributed by atoms with E-state index in [1.165, 1.54) is 4.88 Å². The first-order chi connectivity index (χ1) is 17.5. The molecule has 6 rings (SSSR count). The number of fused-ring (bicyclic) bond motifs is 2. The van der Waals surface area contributed by atoms with Gasteiger partial charge in [-0.2, -0.15) is 5.10 Å². The topological polar surface area (TPSA) is 99.3 Å². The molecule has 0 saturated carbocycles. The smallest absolute Gasteiger partial charge is 0.224 e. The molecule has 0 aliphatic carbocycles. The number of amides is 1. The highest BCUT2D eigenvalue weighted by Gasteiger charge is 2.15. The molecule has 0 fully saturated rings. The third-order valence-corrected chi connectivity index (χ3v) is 6.99. The molecule has 0 saturated heterocycles. The van der Waals surface area contributed by atoms with E-state index in [-0.39, 0.29) is 5.91 Å². The molecule has 7 nitrogen and oxygen atoms in total. The van der Waals surface area contributed by atoms with Gasteiger partial charge in [0.1, 0.15) is 11.3 Å². The largest absolute Gasteiger partial charge is 0.338 e. The maximum atomic E-state index is 12.2. The molecule has 36 heavy (non-hydrogen) atoms. The Kier molecular flexibility index (Phi) is 5.58. The molecule has 1 aromatic carbocycles. The first-order valence-corrected chi connectivity index (χ1v) is 12.7. The number of hydrogen-bond donors (Lipinski definition) is 3. The van der Waals surface area contributed by atoms with Gasteiger partial charge in [-0.05, 0) is 53.3 Å². The van der Waals surface area contributed by atoms with Crippen LogP contribution in [0.3, 0.4) is 0 Å². The van der Waals surface area contributed by atoms with Crippen LogP contribution in [0.1, 0.15) is 20.3 Å². The molecule has 178 valence electrons. The van der Waals surface area contributed by atoms with Crippen molar-refractivity contribution in [1.29, 1.82) is 0 Å². The normalized spacial score (nSPS) is 11.5. The van der Waals surface area contributed by atoms with Crippen LogP contribution in [0.4, 0.5) is 5.69 Å². The fourth-order valence-corrected chi connectivity index (χ4v) is 5.21. The third-order valence-electron chi connectivity index (χ3n) is 6.09. The molecular formula is C28H24N6OS. The van der Waals surface area contributed by atoms with Crippen molar-refractivity contribution in [2.45, 2.75) is 20.3 Å². The van der Waals surface area contributed by atoms with E-state index in [2.05, 4.69) is 60.1 Å². The molecule has 0 spiro atoms. The lowest BCUT2D eigenvalue weighted by atomic mass is 10.0. The Morgan fingerprint density at radius 1 is 1.06 bits per heavy atom. The summed E-state index contributed by atoms with van der Waals surface area (Å²) in [6, 6.07) is 16.4. The minimum absolute atomic E-state index is 0.00846. The maximum absolute atomic E-state index is 12.2. The number of rotatable bonds is 6. The number of anilines is 1. The zero-order valence-electron chi connectivity index (χ0n) is 19.9. The molecule has 8 heteroatoms. The predicted octanol–water partition coefficient (Wildman–Crippen LogP) is 6.88. The number of aromatic amines is 2. The summed E-state index contributed by atoms with van der Waals surface area (Å²) in [5.74, 6) is 0.287. The number of thiophene rings is 1. The number of hydrogen-bond acceptors (Lipinski definition) is 5. The van der Waals surface area contributed by atoms with Gasteiger partial charge in [-0.15, -0.1) is 11.3 Å². The number of carbonyl (C=O) groups is 1. The molecule has 3 N–H and O–H groups in total. The fourth-order valence-electron chi connectivity index (χ4n) is 4.45. The van der Waals surface area contributed by atoms with Crippen LogP contribution in [-0.4, -0.2) is 31.1 Å². The van der Waals surface area contributed by atoms with Crippen molar-refractivity contribution >= 4 is 44.9 Å². The van der Waals surface area contributed by atoms with Gasteiger partial charge in [0.2, 0.25) is 5.91 Å². The first kappa shape index (κ1) is 22.2. The van der Waals surface area contributed by atoms with Crippen molar-refractivity contribution in [2.75, 3.05) is 5.32 Å².